The van der Waals surface area contributed by atoms with Gasteiger partial charge in [-0.15, -0.1) is 0 Å². The molecule has 0 saturated carbocycles. The summed E-state index contributed by atoms with van der Waals surface area (Å²) in [4.78, 5) is 22.1. The van der Waals surface area contributed by atoms with Crippen LogP contribution in [-0.2, 0) is 9.59 Å². The van der Waals surface area contributed by atoms with Gasteiger partial charge in [0.1, 0.15) is 0 Å². The largest absolute Gasteiger partial charge is 0.481 e. The highest BCUT2D eigenvalue weighted by Crippen LogP contribution is 2.24. The summed E-state index contributed by atoms with van der Waals surface area (Å²) in [6.07, 6.45) is 16.0. The number of aliphatic carboxylic acids is 2. The number of hydrogen-bond donors (Lipinski definition) is 2. The summed E-state index contributed by atoms with van der Waals surface area (Å²) in [5.41, 5.74) is 0. The van der Waals surface area contributed by atoms with Crippen molar-refractivity contribution in [1.29, 1.82) is 0 Å². The van der Waals surface area contributed by atoms with E-state index in [0.717, 1.165) is 25.7 Å². The first kappa shape index (κ1) is 22.9. The zero-order valence-corrected chi connectivity index (χ0v) is 15.8. The van der Waals surface area contributed by atoms with Crippen LogP contribution in [0.2, 0.25) is 0 Å². The summed E-state index contributed by atoms with van der Waals surface area (Å²) in [6, 6.07) is 0. The summed E-state index contributed by atoms with van der Waals surface area (Å²) >= 11 is 0. The lowest BCUT2D eigenvalue weighted by Gasteiger charge is -2.18. The van der Waals surface area contributed by atoms with Gasteiger partial charge in [0.25, 0.3) is 0 Å². The molecule has 0 rings (SSSR count). The lowest BCUT2D eigenvalue weighted by Crippen LogP contribution is -2.26. The molecule has 0 aliphatic rings. The van der Waals surface area contributed by atoms with Gasteiger partial charge in [-0.2, -0.15) is 0 Å². The van der Waals surface area contributed by atoms with Crippen molar-refractivity contribution in [3.63, 3.8) is 0 Å². The van der Waals surface area contributed by atoms with Crippen molar-refractivity contribution in [2.75, 3.05) is 0 Å². The third kappa shape index (κ3) is 12.4. The maximum atomic E-state index is 11.0. The summed E-state index contributed by atoms with van der Waals surface area (Å²) in [5.74, 6) is -3.43. The van der Waals surface area contributed by atoms with Crippen LogP contribution in [0.25, 0.3) is 0 Å². The highest BCUT2D eigenvalue weighted by atomic mass is 16.4. The molecular formula is C20H38O4. The van der Waals surface area contributed by atoms with Gasteiger partial charge in [-0.1, -0.05) is 97.3 Å². The monoisotopic (exact) mass is 342 g/mol. The highest BCUT2D eigenvalue weighted by Gasteiger charge is 2.28. The standard InChI is InChI=1S/C20H38O4/c1-3-5-6-7-8-9-10-11-12-13-15-17(14-4-2)16-18(19(21)22)20(23)24/h17-18H,3-16H2,1-2H3,(H,21,22)(H,23,24). The summed E-state index contributed by atoms with van der Waals surface area (Å²) in [7, 11) is 0. The molecule has 0 aromatic carbocycles. The number of unbranched alkanes of at least 4 members (excludes halogenated alkanes) is 9. The Hall–Kier alpha value is -1.06. The van der Waals surface area contributed by atoms with Crippen molar-refractivity contribution in [1.82, 2.24) is 0 Å². The fourth-order valence-corrected chi connectivity index (χ4v) is 3.35. The van der Waals surface area contributed by atoms with Crippen LogP contribution in [-0.4, -0.2) is 22.2 Å². The van der Waals surface area contributed by atoms with Crippen LogP contribution in [0.5, 0.6) is 0 Å². The molecule has 0 saturated heterocycles. The molecule has 0 fully saturated rings. The number of carboxylic acids is 2. The zero-order valence-electron chi connectivity index (χ0n) is 15.8. The van der Waals surface area contributed by atoms with Crippen molar-refractivity contribution in [3.05, 3.63) is 0 Å². The Morgan fingerprint density at radius 2 is 1.12 bits per heavy atom. The molecule has 0 aromatic heterocycles. The molecule has 0 aliphatic carbocycles. The third-order valence-electron chi connectivity index (χ3n) is 4.83. The fraction of sp³-hybridized carbons (Fsp3) is 0.900. The van der Waals surface area contributed by atoms with E-state index < -0.39 is 17.9 Å². The van der Waals surface area contributed by atoms with E-state index in [4.69, 9.17) is 10.2 Å². The molecule has 1 unspecified atom stereocenters. The van der Waals surface area contributed by atoms with Gasteiger partial charge >= 0.3 is 11.9 Å². The molecule has 0 bridgehead atoms. The molecule has 0 spiro atoms. The van der Waals surface area contributed by atoms with Crippen LogP contribution >= 0.6 is 0 Å². The molecular weight excluding hydrogens is 304 g/mol. The van der Waals surface area contributed by atoms with E-state index in [-0.39, 0.29) is 12.3 Å². The number of carboxylic acid groups (broad SMARTS) is 2. The predicted molar refractivity (Wildman–Crippen MR) is 98.2 cm³/mol. The molecule has 0 aromatic rings. The zero-order chi connectivity index (χ0) is 18.2. The van der Waals surface area contributed by atoms with Crippen molar-refractivity contribution >= 4 is 11.9 Å². The van der Waals surface area contributed by atoms with Crippen LogP contribution in [0.15, 0.2) is 0 Å². The summed E-state index contributed by atoms with van der Waals surface area (Å²) in [6.45, 7) is 4.31. The summed E-state index contributed by atoms with van der Waals surface area (Å²) < 4.78 is 0. The number of carbonyl (C=O) groups is 2. The topological polar surface area (TPSA) is 74.6 Å². The van der Waals surface area contributed by atoms with Gasteiger partial charge in [-0.05, 0) is 12.3 Å². The first-order valence-corrected chi connectivity index (χ1v) is 9.98. The van der Waals surface area contributed by atoms with Gasteiger partial charge < -0.3 is 10.2 Å². The molecule has 0 amide bonds. The Labute approximate surface area is 148 Å². The molecule has 0 radical (unpaired) electrons. The molecule has 2 N–H and O–H groups in total. The van der Waals surface area contributed by atoms with Crippen LogP contribution in [0.3, 0.4) is 0 Å². The minimum atomic E-state index is -1.25. The summed E-state index contributed by atoms with van der Waals surface area (Å²) in [5, 5.41) is 18.1. The van der Waals surface area contributed by atoms with Crippen LogP contribution in [0.1, 0.15) is 104 Å². The molecule has 0 heterocycles. The van der Waals surface area contributed by atoms with Crippen molar-refractivity contribution < 1.29 is 19.8 Å². The maximum absolute atomic E-state index is 11.0. The normalized spacial score (nSPS) is 12.5. The van der Waals surface area contributed by atoms with E-state index in [0.29, 0.717) is 0 Å². The van der Waals surface area contributed by atoms with Gasteiger partial charge in [-0.3, -0.25) is 9.59 Å². The molecule has 24 heavy (non-hydrogen) atoms. The Balaban J connectivity index is 3.81. The van der Waals surface area contributed by atoms with E-state index in [9.17, 15) is 9.59 Å². The van der Waals surface area contributed by atoms with Gasteiger partial charge in [0.05, 0.1) is 0 Å². The molecule has 4 heteroatoms. The van der Waals surface area contributed by atoms with Crippen molar-refractivity contribution in [2.24, 2.45) is 11.8 Å². The Morgan fingerprint density at radius 1 is 0.667 bits per heavy atom. The lowest BCUT2D eigenvalue weighted by atomic mass is 9.87. The minimum Gasteiger partial charge on any atom is -0.481 e. The predicted octanol–water partition coefficient (Wildman–Crippen LogP) is 5.89. The first-order chi connectivity index (χ1) is 11.5. The second-order valence-electron chi connectivity index (χ2n) is 7.09. The van der Waals surface area contributed by atoms with Gasteiger partial charge in [0.2, 0.25) is 0 Å². The van der Waals surface area contributed by atoms with Gasteiger partial charge in [-0.25, -0.2) is 0 Å². The average molecular weight is 343 g/mol. The fourth-order valence-electron chi connectivity index (χ4n) is 3.35. The molecule has 0 aliphatic heterocycles. The van der Waals surface area contributed by atoms with Crippen LogP contribution in [0.4, 0.5) is 0 Å². The number of rotatable bonds is 17. The van der Waals surface area contributed by atoms with Crippen LogP contribution < -0.4 is 0 Å². The Morgan fingerprint density at radius 3 is 1.54 bits per heavy atom. The maximum Gasteiger partial charge on any atom is 0.317 e. The van der Waals surface area contributed by atoms with E-state index in [1.54, 1.807) is 0 Å². The SMILES string of the molecule is CCCCCCCCCCCCC(CCC)CC(C(=O)O)C(=O)O. The van der Waals surface area contributed by atoms with Gasteiger partial charge in [0, 0.05) is 0 Å². The highest BCUT2D eigenvalue weighted by molar-refractivity contribution is 5.92. The van der Waals surface area contributed by atoms with E-state index in [1.807, 2.05) is 0 Å². The quantitative estimate of drug-likeness (QED) is 0.255. The second-order valence-corrected chi connectivity index (χ2v) is 7.09. The average Bonchev–Trinajstić information content (AvgIpc) is 2.53. The molecule has 142 valence electrons. The van der Waals surface area contributed by atoms with E-state index >= 15 is 0 Å². The minimum absolute atomic E-state index is 0.223. The Bertz CT molecular complexity index is 314. The van der Waals surface area contributed by atoms with Crippen molar-refractivity contribution in [2.45, 2.75) is 104 Å². The Kier molecular flexibility index (Phi) is 14.8. The first-order valence-electron chi connectivity index (χ1n) is 9.98. The van der Waals surface area contributed by atoms with E-state index in [2.05, 4.69) is 13.8 Å². The van der Waals surface area contributed by atoms with Crippen molar-refractivity contribution in [3.8, 4) is 0 Å². The third-order valence-corrected chi connectivity index (χ3v) is 4.83. The van der Waals surface area contributed by atoms with Gasteiger partial charge in [0.15, 0.2) is 5.92 Å². The molecule has 4 nitrogen and oxygen atoms in total. The smallest absolute Gasteiger partial charge is 0.317 e. The van der Waals surface area contributed by atoms with E-state index in [1.165, 1.54) is 57.8 Å². The number of hydrogen-bond acceptors (Lipinski definition) is 2. The molecule has 1 atom stereocenters. The second kappa shape index (κ2) is 15.5. The lowest BCUT2D eigenvalue weighted by molar-refractivity contribution is -0.155. The van der Waals surface area contributed by atoms with Crippen LogP contribution in [0, 0.1) is 11.8 Å².